The zero-order valence-corrected chi connectivity index (χ0v) is 16.7. The molecule has 0 spiro atoms. The topological polar surface area (TPSA) is 29.5 Å². The molecule has 0 amide bonds. The van der Waals surface area contributed by atoms with E-state index in [1.807, 2.05) is 43.3 Å². The molecule has 0 aliphatic rings. The SMILES string of the molecule is C[C@@H](CN(Cc1ccccc1)Cc1ccccc1)OC(=O)c1ccc(Cl)cc1. The highest BCUT2D eigenvalue weighted by molar-refractivity contribution is 6.30. The van der Waals surface area contributed by atoms with Crippen molar-refractivity contribution in [2.75, 3.05) is 6.54 Å². The number of carbonyl (C=O) groups excluding carboxylic acids is 1. The second-order valence-electron chi connectivity index (χ2n) is 6.86. The Morgan fingerprint density at radius 3 is 1.86 bits per heavy atom. The molecule has 1 atom stereocenters. The van der Waals surface area contributed by atoms with Gasteiger partial charge in [0, 0.05) is 24.7 Å². The molecule has 3 nitrogen and oxygen atoms in total. The number of carbonyl (C=O) groups is 1. The average Bonchev–Trinajstić information content (AvgIpc) is 2.70. The quantitative estimate of drug-likeness (QED) is 0.467. The first-order chi connectivity index (χ1) is 13.6. The number of benzene rings is 3. The molecule has 0 bridgehead atoms. The molecule has 0 N–H and O–H groups in total. The van der Waals surface area contributed by atoms with Crippen LogP contribution in [0.15, 0.2) is 84.9 Å². The van der Waals surface area contributed by atoms with Gasteiger partial charge in [-0.2, -0.15) is 0 Å². The molecule has 0 radical (unpaired) electrons. The van der Waals surface area contributed by atoms with Crippen LogP contribution in [-0.2, 0) is 17.8 Å². The van der Waals surface area contributed by atoms with E-state index in [0.717, 1.165) is 13.1 Å². The lowest BCUT2D eigenvalue weighted by Gasteiger charge is -2.26. The van der Waals surface area contributed by atoms with Crippen LogP contribution in [-0.4, -0.2) is 23.5 Å². The van der Waals surface area contributed by atoms with E-state index in [9.17, 15) is 4.79 Å². The maximum atomic E-state index is 12.4. The third kappa shape index (κ3) is 6.22. The number of hydrogen-bond acceptors (Lipinski definition) is 3. The average molecular weight is 394 g/mol. The highest BCUT2D eigenvalue weighted by atomic mass is 35.5. The summed E-state index contributed by atoms with van der Waals surface area (Å²) in [4.78, 5) is 14.7. The standard InChI is InChI=1S/C24H24ClNO2/c1-19(28-24(27)22-12-14-23(25)15-13-22)16-26(17-20-8-4-2-5-9-20)18-21-10-6-3-7-11-21/h2-15,19H,16-18H2,1H3/t19-/m0/s1. The van der Waals surface area contributed by atoms with Crippen molar-refractivity contribution in [1.82, 2.24) is 4.90 Å². The molecule has 144 valence electrons. The zero-order chi connectivity index (χ0) is 19.8. The first-order valence-electron chi connectivity index (χ1n) is 9.37. The normalized spacial score (nSPS) is 12.0. The van der Waals surface area contributed by atoms with Crippen LogP contribution >= 0.6 is 11.6 Å². The molecule has 3 rings (SSSR count). The number of nitrogens with zero attached hydrogens (tertiary/aromatic N) is 1. The molecule has 4 heteroatoms. The summed E-state index contributed by atoms with van der Waals surface area (Å²) in [6.45, 7) is 4.15. The van der Waals surface area contributed by atoms with Crippen molar-refractivity contribution in [3.05, 3.63) is 107 Å². The smallest absolute Gasteiger partial charge is 0.338 e. The van der Waals surface area contributed by atoms with E-state index in [1.165, 1.54) is 11.1 Å². The summed E-state index contributed by atoms with van der Waals surface area (Å²) in [5.41, 5.74) is 2.97. The summed E-state index contributed by atoms with van der Waals surface area (Å²) < 4.78 is 5.66. The summed E-state index contributed by atoms with van der Waals surface area (Å²) >= 11 is 5.89. The Labute approximate surface area is 171 Å². The van der Waals surface area contributed by atoms with Crippen molar-refractivity contribution in [3.8, 4) is 0 Å². The van der Waals surface area contributed by atoms with Gasteiger partial charge in [-0.3, -0.25) is 4.90 Å². The van der Waals surface area contributed by atoms with Gasteiger partial charge in [0.05, 0.1) is 5.56 Å². The summed E-state index contributed by atoms with van der Waals surface area (Å²) in [7, 11) is 0. The van der Waals surface area contributed by atoms with E-state index in [4.69, 9.17) is 16.3 Å². The van der Waals surface area contributed by atoms with Crippen LogP contribution < -0.4 is 0 Å². The zero-order valence-electron chi connectivity index (χ0n) is 15.9. The third-order valence-corrected chi connectivity index (χ3v) is 4.65. The van der Waals surface area contributed by atoms with Crippen LogP contribution in [0.4, 0.5) is 0 Å². The second kappa shape index (κ2) is 10.1. The highest BCUT2D eigenvalue weighted by Gasteiger charge is 2.16. The van der Waals surface area contributed by atoms with Gasteiger partial charge in [-0.25, -0.2) is 4.79 Å². The van der Waals surface area contributed by atoms with Crippen LogP contribution in [0.25, 0.3) is 0 Å². The van der Waals surface area contributed by atoms with Crippen LogP contribution in [0, 0.1) is 0 Å². The molecule has 0 unspecified atom stereocenters. The summed E-state index contributed by atoms with van der Waals surface area (Å²) in [5, 5.41) is 0.599. The van der Waals surface area contributed by atoms with Crippen LogP contribution in [0.5, 0.6) is 0 Å². The molecule has 0 aliphatic carbocycles. The van der Waals surface area contributed by atoms with Crippen molar-refractivity contribution in [2.45, 2.75) is 26.1 Å². The van der Waals surface area contributed by atoms with Crippen LogP contribution in [0.2, 0.25) is 5.02 Å². The minimum atomic E-state index is -0.330. The number of ether oxygens (including phenoxy) is 1. The summed E-state index contributed by atoms with van der Waals surface area (Å²) in [6, 6.07) is 27.4. The molecular weight excluding hydrogens is 370 g/mol. The molecule has 0 saturated carbocycles. The highest BCUT2D eigenvalue weighted by Crippen LogP contribution is 2.14. The number of halogens is 1. The lowest BCUT2D eigenvalue weighted by atomic mass is 10.1. The molecule has 28 heavy (non-hydrogen) atoms. The van der Waals surface area contributed by atoms with Crippen LogP contribution in [0.3, 0.4) is 0 Å². The Morgan fingerprint density at radius 1 is 0.857 bits per heavy atom. The van der Waals surface area contributed by atoms with Gasteiger partial charge in [0.1, 0.15) is 6.10 Å². The molecule has 3 aromatic carbocycles. The lowest BCUT2D eigenvalue weighted by Crippen LogP contribution is -2.33. The Morgan fingerprint density at radius 2 is 1.36 bits per heavy atom. The lowest BCUT2D eigenvalue weighted by molar-refractivity contribution is 0.0237. The molecule has 0 aromatic heterocycles. The monoisotopic (exact) mass is 393 g/mol. The first kappa shape index (κ1) is 20.1. The predicted molar refractivity (Wildman–Crippen MR) is 113 cm³/mol. The van der Waals surface area contributed by atoms with Crippen molar-refractivity contribution < 1.29 is 9.53 Å². The van der Waals surface area contributed by atoms with E-state index in [0.29, 0.717) is 17.1 Å². The fourth-order valence-corrected chi connectivity index (χ4v) is 3.23. The largest absolute Gasteiger partial charge is 0.458 e. The van der Waals surface area contributed by atoms with Gasteiger partial charge < -0.3 is 4.74 Å². The molecule has 3 aromatic rings. The van der Waals surface area contributed by atoms with Gasteiger partial charge in [0.15, 0.2) is 0 Å². The first-order valence-corrected chi connectivity index (χ1v) is 9.75. The molecular formula is C24H24ClNO2. The molecule has 0 saturated heterocycles. The van der Waals surface area contributed by atoms with Crippen molar-refractivity contribution in [1.29, 1.82) is 0 Å². The number of esters is 1. The Balaban J connectivity index is 1.65. The molecule has 0 heterocycles. The second-order valence-corrected chi connectivity index (χ2v) is 7.30. The van der Waals surface area contributed by atoms with Crippen LogP contribution in [0.1, 0.15) is 28.4 Å². The Kier molecular flexibility index (Phi) is 7.24. The van der Waals surface area contributed by atoms with Gasteiger partial charge in [-0.1, -0.05) is 72.3 Å². The van der Waals surface area contributed by atoms with Crippen molar-refractivity contribution in [3.63, 3.8) is 0 Å². The predicted octanol–water partition coefficient (Wildman–Crippen LogP) is 5.59. The van der Waals surface area contributed by atoms with E-state index >= 15 is 0 Å². The van der Waals surface area contributed by atoms with E-state index in [2.05, 4.69) is 29.2 Å². The van der Waals surface area contributed by atoms with E-state index < -0.39 is 0 Å². The Hall–Kier alpha value is -2.62. The van der Waals surface area contributed by atoms with Crippen molar-refractivity contribution >= 4 is 17.6 Å². The minimum absolute atomic E-state index is 0.240. The molecule has 0 aliphatic heterocycles. The van der Waals surface area contributed by atoms with Gasteiger partial charge in [0.2, 0.25) is 0 Å². The van der Waals surface area contributed by atoms with E-state index in [1.54, 1.807) is 24.3 Å². The number of hydrogen-bond donors (Lipinski definition) is 0. The maximum absolute atomic E-state index is 12.4. The minimum Gasteiger partial charge on any atom is -0.458 e. The van der Waals surface area contributed by atoms with Gasteiger partial charge in [-0.15, -0.1) is 0 Å². The van der Waals surface area contributed by atoms with E-state index in [-0.39, 0.29) is 12.1 Å². The van der Waals surface area contributed by atoms with Gasteiger partial charge in [0.25, 0.3) is 0 Å². The van der Waals surface area contributed by atoms with Crippen molar-refractivity contribution in [2.24, 2.45) is 0 Å². The maximum Gasteiger partial charge on any atom is 0.338 e. The molecule has 0 fully saturated rings. The fourth-order valence-electron chi connectivity index (χ4n) is 3.11. The summed E-state index contributed by atoms with van der Waals surface area (Å²) in [5.74, 6) is -0.330. The summed E-state index contributed by atoms with van der Waals surface area (Å²) in [6.07, 6.45) is -0.240. The Bertz CT molecular complexity index is 825. The van der Waals surface area contributed by atoms with Gasteiger partial charge in [-0.05, 0) is 42.3 Å². The fraction of sp³-hybridized carbons (Fsp3) is 0.208. The number of rotatable bonds is 8. The third-order valence-electron chi connectivity index (χ3n) is 4.40. The van der Waals surface area contributed by atoms with Gasteiger partial charge >= 0.3 is 5.97 Å².